The zero-order valence-electron chi connectivity index (χ0n) is 11.3. The van der Waals surface area contributed by atoms with Crippen LogP contribution in [0.3, 0.4) is 0 Å². The van der Waals surface area contributed by atoms with Gasteiger partial charge in [0.15, 0.2) is 0 Å². The fourth-order valence-corrected chi connectivity index (χ4v) is 3.22. The molecule has 4 heteroatoms. The number of fused-ring (bicyclic) bond motifs is 1. The summed E-state index contributed by atoms with van der Waals surface area (Å²) in [6.45, 7) is 2.20. The Labute approximate surface area is 122 Å². The van der Waals surface area contributed by atoms with Crippen molar-refractivity contribution in [3.63, 3.8) is 0 Å². The van der Waals surface area contributed by atoms with Crippen molar-refractivity contribution in [1.82, 2.24) is 4.98 Å². The molecule has 3 nitrogen and oxygen atoms in total. The number of nitrogens with two attached hydrogens (primary N) is 1. The van der Waals surface area contributed by atoms with Crippen molar-refractivity contribution in [2.24, 2.45) is 0 Å². The third kappa shape index (κ3) is 2.60. The first-order chi connectivity index (χ1) is 9.74. The van der Waals surface area contributed by atoms with E-state index in [0.29, 0.717) is 6.04 Å². The third-order valence-corrected chi connectivity index (χ3v) is 4.24. The maximum Gasteiger partial charge on any atom is 0.0424 e. The van der Waals surface area contributed by atoms with Crippen LogP contribution in [0.25, 0.3) is 10.8 Å². The molecule has 1 aromatic carbocycles. The summed E-state index contributed by atoms with van der Waals surface area (Å²) in [5.74, 6) is 0. The number of hydrogen-bond donors (Lipinski definition) is 2. The van der Waals surface area contributed by atoms with Crippen LogP contribution in [0.4, 0.5) is 11.4 Å². The summed E-state index contributed by atoms with van der Waals surface area (Å²) in [7, 11) is 0. The number of aromatic nitrogens is 1. The predicted molar refractivity (Wildman–Crippen MR) is 87.3 cm³/mol. The van der Waals surface area contributed by atoms with Crippen molar-refractivity contribution in [3.8, 4) is 0 Å². The van der Waals surface area contributed by atoms with Crippen LogP contribution in [0.1, 0.15) is 11.8 Å². The van der Waals surface area contributed by atoms with E-state index in [1.807, 2.05) is 24.4 Å². The molecule has 3 aromatic rings. The molecular formula is C16H17N3S. The molecule has 0 aliphatic rings. The van der Waals surface area contributed by atoms with Crippen molar-refractivity contribution in [2.45, 2.75) is 19.4 Å². The van der Waals surface area contributed by atoms with Crippen molar-refractivity contribution >= 4 is 33.5 Å². The van der Waals surface area contributed by atoms with Gasteiger partial charge < -0.3 is 11.1 Å². The lowest BCUT2D eigenvalue weighted by molar-refractivity contribution is 0.802. The van der Waals surface area contributed by atoms with E-state index >= 15 is 0 Å². The first-order valence-electron chi connectivity index (χ1n) is 6.65. The molecule has 2 heterocycles. The molecule has 0 aliphatic carbocycles. The SMILES string of the molecule is CC(Cc1cccs1)Nc1ccc(N)c2cnccc12. The quantitative estimate of drug-likeness (QED) is 0.713. The summed E-state index contributed by atoms with van der Waals surface area (Å²) in [5.41, 5.74) is 7.88. The summed E-state index contributed by atoms with van der Waals surface area (Å²) < 4.78 is 0. The summed E-state index contributed by atoms with van der Waals surface area (Å²) in [6, 6.07) is 10.6. The molecule has 0 saturated carbocycles. The van der Waals surface area contributed by atoms with Crippen LogP contribution in [0.5, 0.6) is 0 Å². The predicted octanol–water partition coefficient (Wildman–Crippen LogP) is 3.92. The Balaban J connectivity index is 1.85. The van der Waals surface area contributed by atoms with Gasteiger partial charge in [-0.2, -0.15) is 0 Å². The highest BCUT2D eigenvalue weighted by atomic mass is 32.1. The highest BCUT2D eigenvalue weighted by Crippen LogP contribution is 2.28. The Morgan fingerprint density at radius 3 is 2.95 bits per heavy atom. The number of nitrogens with zero attached hydrogens (tertiary/aromatic N) is 1. The second kappa shape index (κ2) is 5.51. The largest absolute Gasteiger partial charge is 0.398 e. The summed E-state index contributed by atoms with van der Waals surface area (Å²) in [4.78, 5) is 5.54. The van der Waals surface area contributed by atoms with E-state index in [0.717, 1.165) is 28.6 Å². The van der Waals surface area contributed by atoms with Crippen molar-refractivity contribution < 1.29 is 0 Å². The highest BCUT2D eigenvalue weighted by Gasteiger charge is 2.08. The summed E-state index contributed by atoms with van der Waals surface area (Å²) in [6.07, 6.45) is 4.64. The number of nitrogen functional groups attached to an aromatic ring is 1. The van der Waals surface area contributed by atoms with Gasteiger partial charge in [0.2, 0.25) is 0 Å². The van der Waals surface area contributed by atoms with E-state index in [-0.39, 0.29) is 0 Å². The fourth-order valence-electron chi connectivity index (χ4n) is 2.38. The van der Waals surface area contributed by atoms with Gasteiger partial charge in [-0.15, -0.1) is 11.3 Å². The minimum absolute atomic E-state index is 0.369. The molecule has 0 saturated heterocycles. The van der Waals surface area contributed by atoms with Gasteiger partial charge in [-0.3, -0.25) is 4.98 Å². The molecule has 0 fully saturated rings. The van der Waals surface area contributed by atoms with E-state index in [9.17, 15) is 0 Å². The van der Waals surface area contributed by atoms with Gasteiger partial charge in [0, 0.05) is 51.9 Å². The van der Waals surface area contributed by atoms with Crippen molar-refractivity contribution in [2.75, 3.05) is 11.1 Å². The van der Waals surface area contributed by atoms with Gasteiger partial charge in [0.1, 0.15) is 0 Å². The number of pyridine rings is 1. The van der Waals surface area contributed by atoms with Gasteiger partial charge in [-0.1, -0.05) is 6.07 Å². The van der Waals surface area contributed by atoms with Crippen LogP contribution >= 0.6 is 11.3 Å². The number of thiophene rings is 1. The minimum atomic E-state index is 0.369. The number of benzene rings is 1. The molecule has 1 atom stereocenters. The van der Waals surface area contributed by atoms with E-state index in [1.165, 1.54) is 4.88 Å². The van der Waals surface area contributed by atoms with Crippen LogP contribution in [-0.2, 0) is 6.42 Å². The minimum Gasteiger partial charge on any atom is -0.398 e. The Bertz CT molecular complexity index is 707. The molecule has 0 spiro atoms. The highest BCUT2D eigenvalue weighted by molar-refractivity contribution is 7.09. The molecule has 1 unspecified atom stereocenters. The zero-order valence-corrected chi connectivity index (χ0v) is 12.2. The molecular weight excluding hydrogens is 266 g/mol. The molecule has 3 N–H and O–H groups in total. The topological polar surface area (TPSA) is 50.9 Å². The molecule has 3 rings (SSSR count). The van der Waals surface area contributed by atoms with E-state index in [2.05, 4.69) is 34.7 Å². The first-order valence-corrected chi connectivity index (χ1v) is 7.53. The van der Waals surface area contributed by atoms with Crippen LogP contribution < -0.4 is 11.1 Å². The molecule has 0 aliphatic heterocycles. The average Bonchev–Trinajstić information content (AvgIpc) is 2.95. The van der Waals surface area contributed by atoms with Gasteiger partial charge in [-0.05, 0) is 36.6 Å². The van der Waals surface area contributed by atoms with E-state index in [1.54, 1.807) is 17.5 Å². The molecule has 0 amide bonds. The second-order valence-electron chi connectivity index (χ2n) is 4.95. The van der Waals surface area contributed by atoms with Crippen molar-refractivity contribution in [1.29, 1.82) is 0 Å². The van der Waals surface area contributed by atoms with E-state index in [4.69, 9.17) is 5.73 Å². The molecule has 0 bridgehead atoms. The normalized spacial score (nSPS) is 12.4. The fraction of sp³-hybridized carbons (Fsp3) is 0.188. The average molecular weight is 283 g/mol. The van der Waals surface area contributed by atoms with Crippen LogP contribution in [-0.4, -0.2) is 11.0 Å². The molecule has 2 aromatic heterocycles. The zero-order chi connectivity index (χ0) is 13.9. The number of nitrogens with one attached hydrogen (secondary N) is 1. The number of anilines is 2. The lowest BCUT2D eigenvalue weighted by Gasteiger charge is -2.17. The Kier molecular flexibility index (Phi) is 3.56. The number of hydrogen-bond acceptors (Lipinski definition) is 4. The third-order valence-electron chi connectivity index (χ3n) is 3.34. The molecule has 102 valence electrons. The van der Waals surface area contributed by atoms with Gasteiger partial charge in [0.05, 0.1) is 0 Å². The summed E-state index contributed by atoms with van der Waals surface area (Å²) >= 11 is 1.80. The van der Waals surface area contributed by atoms with Crippen LogP contribution in [0.2, 0.25) is 0 Å². The molecule has 0 radical (unpaired) electrons. The first kappa shape index (κ1) is 12.9. The smallest absolute Gasteiger partial charge is 0.0424 e. The summed E-state index contributed by atoms with van der Waals surface area (Å²) in [5, 5.41) is 7.82. The second-order valence-corrected chi connectivity index (χ2v) is 5.98. The van der Waals surface area contributed by atoms with Crippen molar-refractivity contribution in [3.05, 3.63) is 53.0 Å². The van der Waals surface area contributed by atoms with Gasteiger partial charge in [-0.25, -0.2) is 0 Å². The van der Waals surface area contributed by atoms with Gasteiger partial charge >= 0.3 is 0 Å². The lowest BCUT2D eigenvalue weighted by atomic mass is 10.1. The van der Waals surface area contributed by atoms with Gasteiger partial charge in [0.25, 0.3) is 0 Å². The van der Waals surface area contributed by atoms with Crippen LogP contribution in [0.15, 0.2) is 48.1 Å². The maximum atomic E-state index is 6.00. The monoisotopic (exact) mass is 283 g/mol. The number of rotatable bonds is 4. The lowest BCUT2D eigenvalue weighted by Crippen LogP contribution is -2.17. The Morgan fingerprint density at radius 2 is 2.15 bits per heavy atom. The Morgan fingerprint density at radius 1 is 1.25 bits per heavy atom. The van der Waals surface area contributed by atoms with Crippen LogP contribution in [0, 0.1) is 0 Å². The molecule has 20 heavy (non-hydrogen) atoms. The standard InChI is InChI=1S/C16H17N3S/c1-11(9-12-3-2-8-20-12)19-16-5-4-15(17)14-10-18-7-6-13(14)16/h2-8,10-11,19H,9,17H2,1H3. The van der Waals surface area contributed by atoms with E-state index < -0.39 is 0 Å². The maximum absolute atomic E-state index is 6.00. The Hall–Kier alpha value is -2.07.